The lowest BCUT2D eigenvalue weighted by molar-refractivity contribution is -0.162. The van der Waals surface area contributed by atoms with E-state index < -0.39 is 0 Å². The fourth-order valence-electron chi connectivity index (χ4n) is 4.29. The number of hydrogen-bond acceptors (Lipinski definition) is 4. The van der Waals surface area contributed by atoms with E-state index in [0.717, 1.165) is 51.1 Å². The Hall–Kier alpha value is -0.620. The van der Waals surface area contributed by atoms with E-state index in [1.165, 1.54) is 17.5 Å². The molecule has 5 heteroatoms. The first-order valence-corrected chi connectivity index (χ1v) is 10.5. The lowest BCUT2D eigenvalue weighted by atomic mass is 9.94. The molecular weight excluding hydrogens is 384 g/mol. The second-order valence-electron chi connectivity index (χ2n) is 7.39. The molecule has 3 aliphatic rings. The van der Waals surface area contributed by atoms with Crippen LogP contribution in [-0.2, 0) is 15.9 Å². The summed E-state index contributed by atoms with van der Waals surface area (Å²) < 4.78 is 17.6. The molecule has 2 fully saturated rings. The zero-order valence-electron chi connectivity index (χ0n) is 14.5. The average molecular weight is 411 g/mol. The lowest BCUT2D eigenvalue weighted by Gasteiger charge is -2.22. The molecule has 1 aromatic rings. The van der Waals surface area contributed by atoms with E-state index in [1.807, 2.05) is 0 Å². The third-order valence-corrected chi connectivity index (χ3v) is 6.80. The summed E-state index contributed by atoms with van der Waals surface area (Å²) >= 11 is 3.66. The molecule has 138 valence electrons. The quantitative estimate of drug-likeness (QED) is 0.570. The number of halogens is 1. The van der Waals surface area contributed by atoms with E-state index in [2.05, 4.69) is 34.1 Å². The van der Waals surface area contributed by atoms with Crippen molar-refractivity contribution in [3.63, 3.8) is 0 Å². The Morgan fingerprint density at radius 3 is 3.00 bits per heavy atom. The predicted molar refractivity (Wildman–Crippen MR) is 99.4 cm³/mol. The highest BCUT2D eigenvalue weighted by molar-refractivity contribution is 9.09. The molecule has 1 N–H and O–H groups in total. The number of unbranched alkanes of at least 4 members (excludes halogenated alkanes) is 1. The maximum Gasteiger partial charge on any atom is 0.157 e. The zero-order chi connectivity index (χ0) is 17.2. The number of fused-ring (bicyclic) bond motifs is 3. The molecule has 0 bridgehead atoms. The second kappa shape index (κ2) is 7.95. The highest BCUT2D eigenvalue weighted by Crippen LogP contribution is 2.51. The van der Waals surface area contributed by atoms with Crippen LogP contribution in [0.25, 0.3) is 0 Å². The first-order valence-electron chi connectivity index (χ1n) is 9.58. The molecule has 5 atom stereocenters. The summed E-state index contributed by atoms with van der Waals surface area (Å²) in [5, 5.41) is 10.1. The molecule has 1 aliphatic carbocycles. The molecule has 0 aromatic heterocycles. The summed E-state index contributed by atoms with van der Waals surface area (Å²) in [4.78, 5) is 0.0953. The van der Waals surface area contributed by atoms with Gasteiger partial charge in [-0.2, -0.15) is 0 Å². The lowest BCUT2D eigenvalue weighted by Crippen LogP contribution is -2.22. The summed E-state index contributed by atoms with van der Waals surface area (Å²) in [7, 11) is 0. The number of aryl methyl sites for hydroxylation is 1. The third kappa shape index (κ3) is 3.75. The molecule has 1 aromatic carbocycles. The molecule has 0 spiro atoms. The van der Waals surface area contributed by atoms with E-state index >= 15 is 0 Å². The van der Waals surface area contributed by atoms with Crippen molar-refractivity contribution in [1.82, 2.24) is 0 Å². The Morgan fingerprint density at radius 2 is 2.16 bits per heavy atom. The number of alkyl halides is 1. The number of aliphatic hydroxyl groups excluding tert-OH is 1. The van der Waals surface area contributed by atoms with Gasteiger partial charge in [-0.25, -0.2) is 0 Å². The fraction of sp³-hybridized carbons (Fsp3) is 0.700. The van der Waals surface area contributed by atoms with Crippen molar-refractivity contribution >= 4 is 15.9 Å². The smallest absolute Gasteiger partial charge is 0.157 e. The van der Waals surface area contributed by atoms with Gasteiger partial charge in [-0.15, -0.1) is 0 Å². The van der Waals surface area contributed by atoms with E-state index in [1.54, 1.807) is 0 Å². The summed E-state index contributed by atoms with van der Waals surface area (Å²) in [5.74, 6) is 1.34. The Kier molecular flexibility index (Phi) is 5.65. The monoisotopic (exact) mass is 410 g/mol. The first kappa shape index (κ1) is 17.8. The molecule has 0 radical (unpaired) electrons. The summed E-state index contributed by atoms with van der Waals surface area (Å²) in [5.41, 5.74) is 2.54. The van der Waals surface area contributed by atoms with E-state index in [4.69, 9.17) is 14.2 Å². The van der Waals surface area contributed by atoms with Gasteiger partial charge in [0.2, 0.25) is 0 Å². The van der Waals surface area contributed by atoms with Crippen molar-refractivity contribution in [2.24, 2.45) is 0 Å². The van der Waals surface area contributed by atoms with Gasteiger partial charge in [0, 0.05) is 31.1 Å². The van der Waals surface area contributed by atoms with Crippen molar-refractivity contribution in [3.8, 4) is 5.75 Å². The average Bonchev–Trinajstić information content (AvgIpc) is 3.12. The van der Waals surface area contributed by atoms with Crippen LogP contribution in [0.4, 0.5) is 0 Å². The summed E-state index contributed by atoms with van der Waals surface area (Å²) in [6.45, 7) is 1.60. The molecule has 4 rings (SSSR count). The van der Waals surface area contributed by atoms with Crippen molar-refractivity contribution in [1.29, 1.82) is 0 Å². The van der Waals surface area contributed by atoms with E-state index in [0.29, 0.717) is 6.42 Å². The van der Waals surface area contributed by atoms with Gasteiger partial charge in [-0.1, -0.05) is 34.1 Å². The highest BCUT2D eigenvalue weighted by Gasteiger charge is 2.48. The maximum atomic E-state index is 10.1. The Labute approximate surface area is 158 Å². The van der Waals surface area contributed by atoms with Gasteiger partial charge in [0.1, 0.15) is 11.9 Å². The normalized spacial score (nSPS) is 33.8. The molecule has 25 heavy (non-hydrogen) atoms. The third-order valence-electron chi connectivity index (χ3n) is 5.62. The van der Waals surface area contributed by atoms with Crippen LogP contribution in [0.2, 0.25) is 0 Å². The fourth-order valence-corrected chi connectivity index (χ4v) is 5.13. The molecule has 2 heterocycles. The predicted octanol–water partition coefficient (Wildman–Crippen LogP) is 3.93. The molecule has 4 nitrogen and oxygen atoms in total. The zero-order valence-corrected chi connectivity index (χ0v) is 16.1. The summed E-state index contributed by atoms with van der Waals surface area (Å²) in [6.07, 6.45) is 7.06. The Balaban J connectivity index is 1.29. The highest BCUT2D eigenvalue weighted by atomic mass is 79.9. The number of ether oxygens (including phenoxy) is 3. The van der Waals surface area contributed by atoms with Crippen molar-refractivity contribution < 1.29 is 19.3 Å². The topological polar surface area (TPSA) is 47.9 Å². The van der Waals surface area contributed by atoms with Crippen LogP contribution in [0.15, 0.2) is 18.2 Å². The minimum absolute atomic E-state index is 0.0136. The van der Waals surface area contributed by atoms with Gasteiger partial charge in [-0.3, -0.25) is 0 Å². The van der Waals surface area contributed by atoms with Gasteiger partial charge in [0.15, 0.2) is 6.29 Å². The first-order chi connectivity index (χ1) is 12.2. The van der Waals surface area contributed by atoms with E-state index in [9.17, 15) is 5.11 Å². The van der Waals surface area contributed by atoms with Crippen LogP contribution in [0.3, 0.4) is 0 Å². The van der Waals surface area contributed by atoms with Crippen LogP contribution < -0.4 is 4.74 Å². The molecular formula is C20H27BrO4. The Morgan fingerprint density at radius 1 is 1.24 bits per heavy atom. The summed E-state index contributed by atoms with van der Waals surface area (Å²) in [6, 6.07) is 6.45. The van der Waals surface area contributed by atoms with Crippen LogP contribution in [0.5, 0.6) is 5.75 Å². The number of rotatable bonds is 6. The second-order valence-corrected chi connectivity index (χ2v) is 8.45. The van der Waals surface area contributed by atoms with Crippen molar-refractivity contribution in [3.05, 3.63) is 29.3 Å². The number of hydrogen-bond donors (Lipinski definition) is 1. The van der Waals surface area contributed by atoms with Gasteiger partial charge in [0.05, 0.1) is 10.9 Å². The van der Waals surface area contributed by atoms with Crippen molar-refractivity contribution in [2.75, 3.05) is 13.2 Å². The molecule has 0 amide bonds. The number of para-hydroxylation sites is 1. The molecule has 1 saturated heterocycles. The maximum absolute atomic E-state index is 10.1. The molecule has 1 saturated carbocycles. The van der Waals surface area contributed by atoms with Crippen molar-refractivity contribution in [2.45, 2.75) is 74.2 Å². The Bertz CT molecular complexity index is 587. The van der Waals surface area contributed by atoms with E-state index in [-0.39, 0.29) is 29.2 Å². The standard InChI is InChI=1S/C20H27BrO4/c21-19-15(22)12-16-18(19)14-8-5-7-13(20(14)25-16)6-1-3-10-23-17-9-2-4-11-24-17/h5,7-8,15-19,22H,1-4,6,9-12H2/t15?,16-,17?,18-,19?/m1/s1. The van der Waals surface area contributed by atoms with Crippen LogP contribution in [-0.4, -0.2) is 41.6 Å². The largest absolute Gasteiger partial charge is 0.489 e. The number of aliphatic hydroxyl groups is 1. The molecule has 3 unspecified atom stereocenters. The molecule has 2 aliphatic heterocycles. The minimum Gasteiger partial charge on any atom is -0.489 e. The van der Waals surface area contributed by atoms with Crippen LogP contribution in [0, 0.1) is 0 Å². The minimum atomic E-state index is -0.314. The number of benzene rings is 1. The van der Waals surface area contributed by atoms with Gasteiger partial charge in [0.25, 0.3) is 0 Å². The SMILES string of the molecule is OC1C[C@H]2Oc3c(CCCCOC4CCCCO4)cccc3[C@H]2C1Br. The van der Waals surface area contributed by atoms with Gasteiger partial charge in [-0.05, 0) is 44.1 Å². The van der Waals surface area contributed by atoms with Crippen LogP contribution >= 0.6 is 15.9 Å². The van der Waals surface area contributed by atoms with Gasteiger partial charge >= 0.3 is 0 Å². The van der Waals surface area contributed by atoms with Gasteiger partial charge < -0.3 is 19.3 Å². The van der Waals surface area contributed by atoms with Crippen LogP contribution in [0.1, 0.15) is 55.6 Å².